The number of rotatable bonds is 2. The van der Waals surface area contributed by atoms with Crippen LogP contribution in [-0.2, 0) is 0 Å². The Morgan fingerprint density at radius 3 is 2.87 bits per heavy atom. The average molecular weight is 347 g/mol. The minimum absolute atomic E-state index is 0.201. The molecule has 2 fully saturated rings. The van der Waals surface area contributed by atoms with Crippen LogP contribution in [0.15, 0.2) is 17.5 Å². The first kappa shape index (κ1) is 15.3. The maximum Gasteiger partial charge on any atom is 0.265 e. The molecule has 3 nitrogen and oxygen atoms in total. The van der Waals surface area contributed by atoms with Gasteiger partial charge in [0, 0.05) is 13.1 Å². The molecule has 2 aromatic heterocycles. The van der Waals surface area contributed by atoms with Crippen LogP contribution in [0, 0.1) is 18.8 Å². The smallest absolute Gasteiger partial charge is 0.265 e. The topological polar surface area (TPSA) is 33.2 Å². The molecule has 1 saturated heterocycles. The van der Waals surface area contributed by atoms with Crippen molar-refractivity contribution in [2.75, 3.05) is 13.1 Å². The van der Waals surface area contributed by atoms with Crippen molar-refractivity contribution in [3.05, 3.63) is 28.1 Å². The SMILES string of the molecule is Cc1nc(-c2cccs2)sc1C(=O)N1CC[C@H]2CCCC[C@H]2C1. The van der Waals surface area contributed by atoms with Gasteiger partial charge in [0.2, 0.25) is 0 Å². The van der Waals surface area contributed by atoms with Crippen LogP contribution in [0.25, 0.3) is 9.88 Å². The lowest BCUT2D eigenvalue weighted by atomic mass is 9.75. The van der Waals surface area contributed by atoms with Crippen LogP contribution in [-0.4, -0.2) is 28.9 Å². The molecule has 0 bridgehead atoms. The first-order valence-electron chi connectivity index (χ1n) is 8.53. The molecule has 2 atom stereocenters. The quantitative estimate of drug-likeness (QED) is 0.780. The number of likely N-dealkylation sites (tertiary alicyclic amines) is 1. The van der Waals surface area contributed by atoms with E-state index in [4.69, 9.17) is 0 Å². The van der Waals surface area contributed by atoms with E-state index in [1.54, 1.807) is 22.7 Å². The van der Waals surface area contributed by atoms with Gasteiger partial charge in [0.15, 0.2) is 0 Å². The minimum atomic E-state index is 0.201. The molecular formula is C18H22N2OS2. The molecule has 3 heterocycles. The molecule has 0 N–H and O–H groups in total. The van der Waals surface area contributed by atoms with Crippen LogP contribution in [0.3, 0.4) is 0 Å². The predicted molar refractivity (Wildman–Crippen MR) is 96.1 cm³/mol. The number of hydrogen-bond donors (Lipinski definition) is 0. The number of nitrogens with zero attached hydrogens (tertiary/aromatic N) is 2. The van der Waals surface area contributed by atoms with Crippen molar-refractivity contribution in [2.24, 2.45) is 11.8 Å². The fraction of sp³-hybridized carbons (Fsp3) is 0.556. The van der Waals surface area contributed by atoms with Gasteiger partial charge in [0.1, 0.15) is 9.88 Å². The zero-order chi connectivity index (χ0) is 15.8. The third kappa shape index (κ3) is 2.96. The second kappa shape index (κ2) is 6.36. The highest BCUT2D eigenvalue weighted by molar-refractivity contribution is 7.22. The Hall–Kier alpha value is -1.20. The summed E-state index contributed by atoms with van der Waals surface area (Å²) in [6.45, 7) is 3.84. The van der Waals surface area contributed by atoms with Gasteiger partial charge < -0.3 is 4.90 Å². The maximum atomic E-state index is 13.0. The fourth-order valence-electron chi connectivity index (χ4n) is 4.03. The number of piperidine rings is 1. The standard InChI is InChI=1S/C18H22N2OS2/c1-12-16(23-17(19-12)15-7-4-10-22-15)18(21)20-9-8-13-5-2-3-6-14(13)11-20/h4,7,10,13-14H,2-3,5-6,8-9,11H2,1H3/t13-,14+/m1/s1. The van der Waals surface area contributed by atoms with Crippen LogP contribution in [0.2, 0.25) is 0 Å². The molecule has 5 heteroatoms. The maximum absolute atomic E-state index is 13.0. The van der Waals surface area contributed by atoms with Crippen LogP contribution in [0.4, 0.5) is 0 Å². The summed E-state index contributed by atoms with van der Waals surface area (Å²) in [5.41, 5.74) is 0.883. The van der Waals surface area contributed by atoms with E-state index >= 15 is 0 Å². The number of thiazole rings is 1. The number of fused-ring (bicyclic) bond motifs is 1. The monoisotopic (exact) mass is 346 g/mol. The summed E-state index contributed by atoms with van der Waals surface area (Å²) in [4.78, 5) is 21.7. The van der Waals surface area contributed by atoms with Crippen LogP contribution in [0.1, 0.15) is 47.5 Å². The zero-order valence-corrected chi connectivity index (χ0v) is 15.1. The van der Waals surface area contributed by atoms with Gasteiger partial charge >= 0.3 is 0 Å². The van der Waals surface area contributed by atoms with Crippen molar-refractivity contribution >= 4 is 28.6 Å². The Morgan fingerprint density at radius 2 is 2.09 bits per heavy atom. The molecule has 2 aliphatic rings. The van der Waals surface area contributed by atoms with Crippen LogP contribution in [0.5, 0.6) is 0 Å². The summed E-state index contributed by atoms with van der Waals surface area (Å²) in [5, 5.41) is 3.04. The van der Waals surface area contributed by atoms with E-state index in [1.807, 2.05) is 13.0 Å². The van der Waals surface area contributed by atoms with Gasteiger partial charge in [-0.2, -0.15) is 0 Å². The molecule has 0 aromatic carbocycles. The lowest BCUT2D eigenvalue weighted by Gasteiger charge is -2.41. The van der Waals surface area contributed by atoms with Gasteiger partial charge in [-0.3, -0.25) is 4.79 Å². The highest BCUT2D eigenvalue weighted by Gasteiger charge is 2.34. The summed E-state index contributed by atoms with van der Waals surface area (Å²) < 4.78 is 0. The van der Waals surface area contributed by atoms with E-state index in [9.17, 15) is 4.79 Å². The number of amides is 1. The summed E-state index contributed by atoms with van der Waals surface area (Å²) in [6, 6.07) is 4.11. The Morgan fingerprint density at radius 1 is 1.26 bits per heavy atom. The van der Waals surface area contributed by atoms with E-state index in [0.717, 1.165) is 45.4 Å². The van der Waals surface area contributed by atoms with Crippen molar-refractivity contribution in [3.8, 4) is 9.88 Å². The van der Waals surface area contributed by atoms with Crippen molar-refractivity contribution in [1.82, 2.24) is 9.88 Å². The largest absolute Gasteiger partial charge is 0.338 e. The molecule has 1 aliphatic carbocycles. The molecule has 0 radical (unpaired) electrons. The number of aryl methyl sites for hydroxylation is 1. The van der Waals surface area contributed by atoms with E-state index < -0.39 is 0 Å². The molecule has 1 aliphatic heterocycles. The summed E-state index contributed by atoms with van der Waals surface area (Å²) in [5.74, 6) is 1.79. The predicted octanol–water partition coefficient (Wildman–Crippen LogP) is 4.83. The number of carbonyl (C=O) groups excluding carboxylic acids is 1. The molecule has 0 spiro atoms. The second-order valence-electron chi connectivity index (χ2n) is 6.76. The first-order valence-corrected chi connectivity index (χ1v) is 10.2. The average Bonchev–Trinajstić information content (AvgIpc) is 3.23. The minimum Gasteiger partial charge on any atom is -0.338 e. The van der Waals surface area contributed by atoms with Crippen molar-refractivity contribution in [2.45, 2.75) is 39.0 Å². The van der Waals surface area contributed by atoms with Crippen LogP contribution < -0.4 is 0 Å². The van der Waals surface area contributed by atoms with Crippen molar-refractivity contribution in [3.63, 3.8) is 0 Å². The highest BCUT2D eigenvalue weighted by Crippen LogP contribution is 2.37. The lowest BCUT2D eigenvalue weighted by molar-refractivity contribution is 0.0524. The summed E-state index contributed by atoms with van der Waals surface area (Å²) in [7, 11) is 0. The molecular weight excluding hydrogens is 324 g/mol. The Bertz CT molecular complexity index is 692. The first-order chi connectivity index (χ1) is 11.2. The molecule has 2 aromatic rings. The summed E-state index contributed by atoms with van der Waals surface area (Å²) >= 11 is 3.24. The van der Waals surface area contributed by atoms with Crippen molar-refractivity contribution in [1.29, 1.82) is 0 Å². The summed E-state index contributed by atoms with van der Waals surface area (Å²) in [6.07, 6.45) is 6.58. The van der Waals surface area contributed by atoms with Gasteiger partial charge in [-0.25, -0.2) is 4.98 Å². The zero-order valence-electron chi connectivity index (χ0n) is 13.5. The molecule has 4 rings (SSSR count). The molecule has 23 heavy (non-hydrogen) atoms. The van der Waals surface area contributed by atoms with Gasteiger partial charge in [-0.05, 0) is 43.0 Å². The van der Waals surface area contributed by atoms with Gasteiger partial charge in [0.25, 0.3) is 5.91 Å². The Kier molecular flexibility index (Phi) is 4.24. The van der Waals surface area contributed by atoms with E-state index in [1.165, 1.54) is 32.1 Å². The van der Waals surface area contributed by atoms with Gasteiger partial charge in [-0.1, -0.05) is 25.3 Å². The normalized spacial score (nSPS) is 24.5. The van der Waals surface area contributed by atoms with Crippen molar-refractivity contribution < 1.29 is 4.79 Å². The molecule has 0 unspecified atom stereocenters. The van der Waals surface area contributed by atoms with E-state index in [2.05, 4.69) is 21.3 Å². The third-order valence-electron chi connectivity index (χ3n) is 5.30. The Labute approximate surface area is 145 Å². The molecule has 1 amide bonds. The number of thiophene rings is 1. The Balaban J connectivity index is 1.53. The lowest BCUT2D eigenvalue weighted by Crippen LogP contribution is -2.44. The highest BCUT2D eigenvalue weighted by atomic mass is 32.1. The second-order valence-corrected chi connectivity index (χ2v) is 8.70. The number of carbonyl (C=O) groups is 1. The molecule has 1 saturated carbocycles. The number of hydrogen-bond acceptors (Lipinski definition) is 4. The fourth-order valence-corrected chi connectivity index (χ4v) is 5.86. The van der Waals surface area contributed by atoms with E-state index in [0.29, 0.717) is 0 Å². The number of aromatic nitrogens is 1. The van der Waals surface area contributed by atoms with Gasteiger partial charge in [0.05, 0.1) is 10.6 Å². The third-order valence-corrected chi connectivity index (χ3v) is 7.49. The van der Waals surface area contributed by atoms with E-state index in [-0.39, 0.29) is 5.91 Å². The molecule has 122 valence electrons. The van der Waals surface area contributed by atoms with Crippen LogP contribution >= 0.6 is 22.7 Å². The van der Waals surface area contributed by atoms with Gasteiger partial charge in [-0.15, -0.1) is 22.7 Å².